The zero-order valence-corrected chi connectivity index (χ0v) is 14.2. The van der Waals surface area contributed by atoms with E-state index < -0.39 is 11.5 Å². The summed E-state index contributed by atoms with van der Waals surface area (Å²) in [5.41, 5.74) is 0.476. The summed E-state index contributed by atoms with van der Waals surface area (Å²) in [5, 5.41) is 15.2. The Hall–Kier alpha value is -1.43. The largest absolute Gasteiger partial charge is 0.481 e. The van der Waals surface area contributed by atoms with Crippen molar-refractivity contribution in [2.24, 2.45) is 11.8 Å². The zero-order valence-electron chi connectivity index (χ0n) is 13.4. The van der Waals surface area contributed by atoms with Crippen LogP contribution in [0.15, 0.2) is 5.38 Å². The van der Waals surface area contributed by atoms with Crippen molar-refractivity contribution in [1.82, 2.24) is 10.3 Å². The summed E-state index contributed by atoms with van der Waals surface area (Å²) in [6.07, 6.45) is 3.44. The molecule has 1 aromatic heterocycles. The standard InChI is InChI=1S/C16H24N2O3S/c1-4-16(3,15-17-10(2)9-22-15)18-13(19)11-6-5-7-12(8-11)14(20)21/h9,11-12H,4-8H2,1-3H3,(H,18,19)(H,20,21)/t11-,12+,16-/m0/s1. The van der Waals surface area contributed by atoms with E-state index in [1.807, 2.05) is 26.2 Å². The summed E-state index contributed by atoms with van der Waals surface area (Å²) in [6.45, 7) is 5.95. The maximum Gasteiger partial charge on any atom is 0.306 e. The minimum atomic E-state index is -0.786. The Morgan fingerprint density at radius 2 is 2.14 bits per heavy atom. The molecule has 0 spiro atoms. The third-order valence-electron chi connectivity index (χ3n) is 4.59. The first kappa shape index (κ1) is 16.9. The number of amides is 1. The van der Waals surface area contributed by atoms with Gasteiger partial charge in [0.1, 0.15) is 5.01 Å². The molecule has 0 radical (unpaired) electrons. The molecule has 6 heteroatoms. The Kier molecular flexibility index (Phi) is 5.21. The van der Waals surface area contributed by atoms with Crippen molar-refractivity contribution in [3.05, 3.63) is 16.1 Å². The minimum Gasteiger partial charge on any atom is -0.481 e. The molecule has 2 N–H and O–H groups in total. The number of rotatable bonds is 5. The van der Waals surface area contributed by atoms with Crippen molar-refractivity contribution < 1.29 is 14.7 Å². The van der Waals surface area contributed by atoms with E-state index in [0.29, 0.717) is 12.8 Å². The fourth-order valence-electron chi connectivity index (χ4n) is 2.93. The van der Waals surface area contributed by atoms with Gasteiger partial charge >= 0.3 is 5.97 Å². The maximum atomic E-state index is 12.6. The molecule has 1 aromatic rings. The monoisotopic (exact) mass is 324 g/mol. The van der Waals surface area contributed by atoms with Crippen molar-refractivity contribution in [2.75, 3.05) is 0 Å². The molecule has 2 rings (SSSR count). The second kappa shape index (κ2) is 6.77. The van der Waals surface area contributed by atoms with E-state index in [1.54, 1.807) is 11.3 Å². The lowest BCUT2D eigenvalue weighted by atomic mass is 9.80. The molecule has 1 fully saturated rings. The van der Waals surface area contributed by atoms with Gasteiger partial charge in [-0.3, -0.25) is 9.59 Å². The summed E-state index contributed by atoms with van der Waals surface area (Å²) in [5.74, 6) is -1.42. The first-order valence-electron chi connectivity index (χ1n) is 7.83. The zero-order chi connectivity index (χ0) is 16.3. The van der Waals surface area contributed by atoms with Crippen LogP contribution in [0.2, 0.25) is 0 Å². The predicted octanol–water partition coefficient (Wildman–Crippen LogP) is 3.08. The van der Waals surface area contributed by atoms with Gasteiger partial charge in [0.05, 0.1) is 11.5 Å². The van der Waals surface area contributed by atoms with Crippen LogP contribution in [0.4, 0.5) is 0 Å². The molecular weight excluding hydrogens is 300 g/mol. The number of hydrogen-bond donors (Lipinski definition) is 2. The number of carbonyl (C=O) groups is 2. The highest BCUT2D eigenvalue weighted by molar-refractivity contribution is 7.09. The van der Waals surface area contributed by atoms with E-state index in [0.717, 1.165) is 30.0 Å². The normalized spacial score (nSPS) is 24.5. The van der Waals surface area contributed by atoms with Crippen LogP contribution in [0.1, 0.15) is 56.7 Å². The van der Waals surface area contributed by atoms with Gasteiger partial charge in [0.15, 0.2) is 0 Å². The summed E-state index contributed by atoms with van der Waals surface area (Å²) in [6, 6.07) is 0. The molecular formula is C16H24N2O3S. The quantitative estimate of drug-likeness (QED) is 0.872. The van der Waals surface area contributed by atoms with Crippen LogP contribution < -0.4 is 5.32 Å². The topological polar surface area (TPSA) is 79.3 Å². The molecule has 0 aromatic carbocycles. The molecule has 1 aliphatic carbocycles. The molecule has 1 saturated carbocycles. The van der Waals surface area contributed by atoms with Crippen molar-refractivity contribution in [3.8, 4) is 0 Å². The first-order valence-corrected chi connectivity index (χ1v) is 8.71. The van der Waals surface area contributed by atoms with Gasteiger partial charge in [-0.05, 0) is 39.5 Å². The number of carboxylic acids is 1. The number of nitrogens with zero attached hydrogens (tertiary/aromatic N) is 1. The first-order chi connectivity index (χ1) is 10.4. The molecule has 1 aliphatic rings. The lowest BCUT2D eigenvalue weighted by Crippen LogP contribution is -2.46. The number of aromatic nitrogens is 1. The van der Waals surface area contributed by atoms with Crippen LogP contribution in [-0.2, 0) is 15.1 Å². The van der Waals surface area contributed by atoms with Crippen LogP contribution >= 0.6 is 11.3 Å². The summed E-state index contributed by atoms with van der Waals surface area (Å²) in [4.78, 5) is 28.2. The summed E-state index contributed by atoms with van der Waals surface area (Å²) < 4.78 is 0. The smallest absolute Gasteiger partial charge is 0.306 e. The van der Waals surface area contributed by atoms with Gasteiger partial charge in [-0.1, -0.05) is 13.3 Å². The van der Waals surface area contributed by atoms with Gasteiger partial charge in [-0.15, -0.1) is 11.3 Å². The molecule has 3 atom stereocenters. The third-order valence-corrected chi connectivity index (χ3v) is 5.82. The van der Waals surface area contributed by atoms with Gasteiger partial charge in [-0.25, -0.2) is 4.98 Å². The number of hydrogen-bond acceptors (Lipinski definition) is 4. The highest BCUT2D eigenvalue weighted by Crippen LogP contribution is 2.32. The molecule has 0 aliphatic heterocycles. The van der Waals surface area contributed by atoms with Crippen LogP contribution in [-0.4, -0.2) is 22.0 Å². The summed E-state index contributed by atoms with van der Waals surface area (Å²) in [7, 11) is 0. The van der Waals surface area contributed by atoms with Crippen LogP contribution in [0.25, 0.3) is 0 Å². The molecule has 0 unspecified atom stereocenters. The molecule has 22 heavy (non-hydrogen) atoms. The second-order valence-electron chi connectivity index (χ2n) is 6.37. The van der Waals surface area contributed by atoms with Crippen LogP contribution in [0.3, 0.4) is 0 Å². The Morgan fingerprint density at radius 1 is 1.45 bits per heavy atom. The SMILES string of the molecule is CC[C@](C)(NC(=O)[C@H]1CCC[C@@H](C(=O)O)C1)c1nc(C)cs1. The maximum absolute atomic E-state index is 12.6. The number of carboxylic acid groups (broad SMARTS) is 1. The highest BCUT2D eigenvalue weighted by atomic mass is 32.1. The average Bonchev–Trinajstić information content (AvgIpc) is 2.94. The highest BCUT2D eigenvalue weighted by Gasteiger charge is 2.35. The van der Waals surface area contributed by atoms with Gasteiger partial charge in [-0.2, -0.15) is 0 Å². The molecule has 0 saturated heterocycles. The number of nitrogens with one attached hydrogen (secondary N) is 1. The van der Waals surface area contributed by atoms with Gasteiger partial charge < -0.3 is 10.4 Å². The average molecular weight is 324 g/mol. The molecule has 1 amide bonds. The minimum absolute atomic E-state index is 0.0387. The number of aryl methyl sites for hydroxylation is 1. The van der Waals surface area contributed by atoms with Gasteiger partial charge in [0.25, 0.3) is 0 Å². The lowest BCUT2D eigenvalue weighted by Gasteiger charge is -2.32. The van der Waals surface area contributed by atoms with E-state index in [-0.39, 0.29) is 17.7 Å². The predicted molar refractivity (Wildman–Crippen MR) is 85.7 cm³/mol. The second-order valence-corrected chi connectivity index (χ2v) is 7.23. The fraction of sp³-hybridized carbons (Fsp3) is 0.688. The van der Waals surface area contributed by atoms with Crippen LogP contribution in [0.5, 0.6) is 0 Å². The Balaban J connectivity index is 2.07. The van der Waals surface area contributed by atoms with E-state index in [2.05, 4.69) is 10.3 Å². The molecule has 5 nitrogen and oxygen atoms in total. The number of carbonyl (C=O) groups excluding carboxylic acids is 1. The van der Waals surface area contributed by atoms with E-state index in [1.165, 1.54) is 0 Å². The number of thiazole rings is 1. The van der Waals surface area contributed by atoms with Gasteiger partial charge in [0.2, 0.25) is 5.91 Å². The van der Waals surface area contributed by atoms with Crippen LogP contribution in [0, 0.1) is 18.8 Å². The van der Waals surface area contributed by atoms with Crippen molar-refractivity contribution in [2.45, 2.75) is 58.4 Å². The van der Waals surface area contributed by atoms with Crippen molar-refractivity contribution in [1.29, 1.82) is 0 Å². The Morgan fingerprint density at radius 3 is 2.68 bits per heavy atom. The molecule has 1 heterocycles. The molecule has 0 bridgehead atoms. The van der Waals surface area contributed by atoms with Gasteiger partial charge in [0, 0.05) is 17.0 Å². The number of aliphatic carboxylic acids is 1. The third kappa shape index (κ3) is 3.66. The van der Waals surface area contributed by atoms with E-state index in [4.69, 9.17) is 5.11 Å². The Bertz CT molecular complexity index is 557. The van der Waals surface area contributed by atoms with Crippen molar-refractivity contribution >= 4 is 23.2 Å². The summed E-state index contributed by atoms with van der Waals surface area (Å²) >= 11 is 1.56. The fourth-order valence-corrected chi connectivity index (χ4v) is 3.91. The lowest BCUT2D eigenvalue weighted by molar-refractivity contribution is -0.144. The Labute approximate surface area is 135 Å². The van der Waals surface area contributed by atoms with E-state index >= 15 is 0 Å². The van der Waals surface area contributed by atoms with E-state index in [9.17, 15) is 9.59 Å². The van der Waals surface area contributed by atoms with Crippen molar-refractivity contribution in [3.63, 3.8) is 0 Å². The molecule has 122 valence electrons.